The summed E-state index contributed by atoms with van der Waals surface area (Å²) in [5.41, 5.74) is 3.03. The van der Waals surface area contributed by atoms with Gasteiger partial charge in [0.2, 0.25) is 0 Å². The van der Waals surface area contributed by atoms with Crippen molar-refractivity contribution >= 4 is 5.97 Å². The number of esters is 1. The molecule has 0 fully saturated rings. The van der Waals surface area contributed by atoms with E-state index in [0.717, 1.165) is 0 Å². The highest BCUT2D eigenvalue weighted by molar-refractivity contribution is 5.71. The monoisotopic (exact) mass is 103 g/mol. The fourth-order valence-electron chi connectivity index (χ4n) is 0.139. The Kier molecular flexibility index (Phi) is 3.26. The Bertz CT molecular complexity index is 64.0. The van der Waals surface area contributed by atoms with Gasteiger partial charge in [-0.25, -0.2) is 0 Å². The van der Waals surface area contributed by atoms with Crippen LogP contribution in [-0.2, 0) is 9.53 Å². The number of hydrogen-bond acceptors (Lipinski definition) is 3. The van der Waals surface area contributed by atoms with Gasteiger partial charge in [-0.1, -0.05) is 0 Å². The summed E-state index contributed by atoms with van der Waals surface area (Å²) >= 11 is 0. The number of nitrogens with zero attached hydrogens (tertiary/aromatic N) is 1. The minimum atomic E-state index is -0.414. The second kappa shape index (κ2) is 3.58. The largest absolute Gasteiger partial charge is 0.468 e. The van der Waals surface area contributed by atoms with E-state index in [1.807, 2.05) is 0 Å². The predicted molar refractivity (Wildman–Crippen MR) is 23.2 cm³/mol. The summed E-state index contributed by atoms with van der Waals surface area (Å²) in [5.74, 6) is 4.21. The van der Waals surface area contributed by atoms with Crippen molar-refractivity contribution in [2.24, 2.45) is 5.84 Å². The Hall–Kier alpha value is -0.610. The lowest BCUT2D eigenvalue weighted by Crippen LogP contribution is -2.22. The summed E-state index contributed by atoms with van der Waals surface area (Å²) in [7, 11) is 1.29. The molecule has 0 bridgehead atoms. The van der Waals surface area contributed by atoms with Crippen molar-refractivity contribution in [1.82, 2.24) is 5.43 Å². The molecule has 0 aliphatic heterocycles. The van der Waals surface area contributed by atoms with Gasteiger partial charge in [-0.05, 0) is 0 Å². The van der Waals surface area contributed by atoms with Gasteiger partial charge in [0.1, 0.15) is 6.54 Å². The summed E-state index contributed by atoms with van der Waals surface area (Å²) in [6.45, 7) is -0.0590. The number of carbonyl (C=O) groups is 1. The van der Waals surface area contributed by atoms with Crippen molar-refractivity contribution in [3.8, 4) is 0 Å². The quantitative estimate of drug-likeness (QED) is 0.266. The SMILES string of the molecule is COC(=O)C[N]N. The summed E-state index contributed by atoms with van der Waals surface area (Å²) in [4.78, 5) is 10.0. The number of nitrogens with two attached hydrogens (primary N) is 1. The third-order valence-electron chi connectivity index (χ3n) is 0.448. The van der Waals surface area contributed by atoms with Gasteiger partial charge in [-0.3, -0.25) is 10.6 Å². The van der Waals surface area contributed by atoms with Crippen molar-refractivity contribution in [2.75, 3.05) is 13.7 Å². The first-order valence-electron chi connectivity index (χ1n) is 1.74. The minimum absolute atomic E-state index is 0.0590. The van der Waals surface area contributed by atoms with E-state index in [1.54, 1.807) is 0 Å². The van der Waals surface area contributed by atoms with Crippen LogP contribution in [0.5, 0.6) is 0 Å². The number of rotatable bonds is 2. The summed E-state index contributed by atoms with van der Waals surface area (Å²) < 4.78 is 4.18. The van der Waals surface area contributed by atoms with E-state index in [1.165, 1.54) is 7.11 Å². The van der Waals surface area contributed by atoms with Crippen LogP contribution in [0.4, 0.5) is 0 Å². The molecule has 0 atom stereocenters. The maximum Gasteiger partial charge on any atom is 0.322 e. The highest BCUT2D eigenvalue weighted by Crippen LogP contribution is 1.64. The average molecular weight is 103 g/mol. The first-order valence-corrected chi connectivity index (χ1v) is 1.74. The molecule has 0 rings (SSSR count). The Morgan fingerprint density at radius 1 is 2.00 bits per heavy atom. The van der Waals surface area contributed by atoms with Gasteiger partial charge in [0.25, 0.3) is 0 Å². The number of hydrogen-bond donors (Lipinski definition) is 1. The smallest absolute Gasteiger partial charge is 0.322 e. The highest BCUT2D eigenvalue weighted by Gasteiger charge is 1.93. The molecule has 0 aliphatic carbocycles. The van der Waals surface area contributed by atoms with Crippen molar-refractivity contribution in [2.45, 2.75) is 0 Å². The highest BCUT2D eigenvalue weighted by atomic mass is 16.5. The van der Waals surface area contributed by atoms with Crippen LogP contribution in [0, 0.1) is 0 Å². The normalized spacial score (nSPS) is 8.29. The van der Waals surface area contributed by atoms with Gasteiger partial charge in [-0.2, -0.15) is 5.43 Å². The molecular formula is C3H7N2O2. The van der Waals surface area contributed by atoms with Gasteiger partial charge in [0.15, 0.2) is 0 Å². The van der Waals surface area contributed by atoms with E-state index in [0.29, 0.717) is 0 Å². The van der Waals surface area contributed by atoms with Crippen LogP contribution in [0.2, 0.25) is 0 Å². The molecule has 0 aromatic heterocycles. The zero-order valence-electron chi connectivity index (χ0n) is 4.05. The second-order valence-corrected chi connectivity index (χ2v) is 0.917. The molecule has 0 heterocycles. The third kappa shape index (κ3) is 3.21. The first-order chi connectivity index (χ1) is 3.31. The molecular weight excluding hydrogens is 96.0 g/mol. The molecule has 0 aromatic rings. The molecule has 0 spiro atoms. The van der Waals surface area contributed by atoms with E-state index >= 15 is 0 Å². The van der Waals surface area contributed by atoms with E-state index in [9.17, 15) is 4.79 Å². The van der Waals surface area contributed by atoms with Gasteiger partial charge in [0, 0.05) is 0 Å². The van der Waals surface area contributed by atoms with Crippen molar-refractivity contribution in [3.63, 3.8) is 0 Å². The number of carbonyl (C=O) groups excluding carboxylic acids is 1. The summed E-state index contributed by atoms with van der Waals surface area (Å²) in [6.07, 6.45) is 0. The average Bonchev–Trinajstić information content (AvgIpc) is 1.68. The molecule has 7 heavy (non-hydrogen) atoms. The molecule has 0 saturated carbocycles. The van der Waals surface area contributed by atoms with Gasteiger partial charge in [-0.15, -0.1) is 0 Å². The molecule has 4 nitrogen and oxygen atoms in total. The molecule has 0 aromatic carbocycles. The number of ether oxygens (including phenoxy) is 1. The van der Waals surface area contributed by atoms with Crippen LogP contribution in [0.25, 0.3) is 0 Å². The minimum Gasteiger partial charge on any atom is -0.468 e. The summed E-state index contributed by atoms with van der Waals surface area (Å²) in [5, 5.41) is 0. The summed E-state index contributed by atoms with van der Waals surface area (Å²) in [6, 6.07) is 0. The molecule has 0 aliphatic rings. The van der Waals surface area contributed by atoms with E-state index in [4.69, 9.17) is 0 Å². The predicted octanol–water partition coefficient (Wildman–Crippen LogP) is -1.36. The molecule has 0 saturated heterocycles. The van der Waals surface area contributed by atoms with Crippen LogP contribution in [0.1, 0.15) is 0 Å². The number of methoxy groups -OCH3 is 1. The van der Waals surface area contributed by atoms with Crippen molar-refractivity contribution < 1.29 is 9.53 Å². The van der Waals surface area contributed by atoms with Crippen LogP contribution in [0.15, 0.2) is 0 Å². The fourth-order valence-corrected chi connectivity index (χ4v) is 0.139. The lowest BCUT2D eigenvalue weighted by atomic mass is 10.7. The van der Waals surface area contributed by atoms with Gasteiger partial charge >= 0.3 is 5.97 Å². The van der Waals surface area contributed by atoms with Crippen LogP contribution >= 0.6 is 0 Å². The van der Waals surface area contributed by atoms with Gasteiger partial charge < -0.3 is 4.74 Å². The second-order valence-electron chi connectivity index (χ2n) is 0.917. The first kappa shape index (κ1) is 6.39. The molecule has 4 heteroatoms. The Balaban J connectivity index is 3.00. The molecule has 0 unspecified atom stereocenters. The Morgan fingerprint density at radius 3 is 2.71 bits per heavy atom. The molecule has 41 valence electrons. The van der Waals surface area contributed by atoms with Crippen LogP contribution < -0.4 is 11.3 Å². The third-order valence-corrected chi connectivity index (χ3v) is 0.448. The van der Waals surface area contributed by atoms with Crippen molar-refractivity contribution in [3.05, 3.63) is 0 Å². The zero-order valence-corrected chi connectivity index (χ0v) is 4.05. The fraction of sp³-hybridized carbons (Fsp3) is 0.667. The van der Waals surface area contributed by atoms with Crippen LogP contribution in [0.3, 0.4) is 0 Å². The molecule has 0 amide bonds. The zero-order chi connectivity index (χ0) is 5.70. The standard InChI is InChI=1S/C3H7N2O2/c1-7-3(6)2-5-4/h2,4H2,1H3. The maximum atomic E-state index is 10.0. The van der Waals surface area contributed by atoms with E-state index in [2.05, 4.69) is 16.0 Å². The van der Waals surface area contributed by atoms with Crippen LogP contribution in [-0.4, -0.2) is 19.6 Å². The maximum absolute atomic E-state index is 10.0. The lowest BCUT2D eigenvalue weighted by molar-refractivity contribution is -0.139. The Morgan fingerprint density at radius 2 is 2.57 bits per heavy atom. The van der Waals surface area contributed by atoms with E-state index in [-0.39, 0.29) is 6.54 Å². The van der Waals surface area contributed by atoms with Gasteiger partial charge in [0.05, 0.1) is 7.11 Å². The molecule has 1 radical (unpaired) electrons. The molecule has 2 N–H and O–H groups in total. The van der Waals surface area contributed by atoms with E-state index < -0.39 is 5.97 Å². The topological polar surface area (TPSA) is 66.4 Å². The van der Waals surface area contributed by atoms with Crippen molar-refractivity contribution in [1.29, 1.82) is 0 Å². The lowest BCUT2D eigenvalue weighted by Gasteiger charge is -1.91. The Labute approximate surface area is 41.6 Å².